The van der Waals surface area contributed by atoms with Gasteiger partial charge >= 0.3 is 0 Å². The van der Waals surface area contributed by atoms with Gasteiger partial charge in [-0.2, -0.15) is 0 Å². The van der Waals surface area contributed by atoms with Crippen LogP contribution < -0.4 is 5.32 Å². The van der Waals surface area contributed by atoms with Crippen molar-refractivity contribution in [3.63, 3.8) is 0 Å². The van der Waals surface area contributed by atoms with Gasteiger partial charge in [0.1, 0.15) is 23.0 Å². The van der Waals surface area contributed by atoms with Crippen molar-refractivity contribution < 1.29 is 13.6 Å². The highest BCUT2D eigenvalue weighted by Gasteiger charge is 2.17. The zero-order valence-corrected chi connectivity index (χ0v) is 11.5. The van der Waals surface area contributed by atoms with Crippen molar-refractivity contribution in [2.75, 3.05) is 5.32 Å². The lowest BCUT2D eigenvalue weighted by molar-refractivity contribution is 0.101. The Morgan fingerprint density at radius 1 is 1.32 bits per heavy atom. The number of aromatic nitrogens is 1. The van der Waals surface area contributed by atoms with Crippen molar-refractivity contribution in [2.24, 2.45) is 0 Å². The van der Waals surface area contributed by atoms with Crippen LogP contribution in [0.1, 0.15) is 15.9 Å². The van der Waals surface area contributed by atoms with Crippen LogP contribution in [-0.4, -0.2) is 10.9 Å². The quantitative estimate of drug-likeness (QED) is 0.914. The molecule has 3 nitrogen and oxygen atoms in total. The average Bonchev–Trinajstić information content (AvgIpc) is 2.33. The smallest absolute Gasteiger partial charge is 0.262 e. The van der Waals surface area contributed by atoms with Crippen LogP contribution >= 0.6 is 15.9 Å². The van der Waals surface area contributed by atoms with Gasteiger partial charge in [-0.15, -0.1) is 0 Å². The lowest BCUT2D eigenvalue weighted by Crippen LogP contribution is -2.16. The molecule has 2 rings (SSSR count). The van der Waals surface area contributed by atoms with Gasteiger partial charge in [0.25, 0.3) is 5.91 Å². The largest absolute Gasteiger partial charge is 0.306 e. The summed E-state index contributed by atoms with van der Waals surface area (Å²) in [5, 5.41) is 2.36. The van der Waals surface area contributed by atoms with E-state index in [0.717, 1.165) is 22.2 Å². The molecule has 2 aromatic rings. The van der Waals surface area contributed by atoms with Gasteiger partial charge in [0.2, 0.25) is 0 Å². The summed E-state index contributed by atoms with van der Waals surface area (Å²) in [5.74, 6) is -2.46. The summed E-state index contributed by atoms with van der Waals surface area (Å²) in [4.78, 5) is 15.7. The number of carbonyl (C=O) groups excluding carboxylic acids is 1. The molecule has 1 aromatic carbocycles. The minimum Gasteiger partial charge on any atom is -0.306 e. The van der Waals surface area contributed by atoms with Crippen LogP contribution in [0.25, 0.3) is 0 Å². The number of rotatable bonds is 2. The Hall–Kier alpha value is -1.82. The van der Waals surface area contributed by atoms with E-state index in [1.807, 2.05) is 6.92 Å². The number of halogens is 3. The normalized spacial score (nSPS) is 10.3. The number of hydrogen-bond acceptors (Lipinski definition) is 2. The summed E-state index contributed by atoms with van der Waals surface area (Å²) in [6.45, 7) is 1.81. The molecule has 0 fully saturated rings. The zero-order valence-electron chi connectivity index (χ0n) is 9.88. The first-order valence-electron chi connectivity index (χ1n) is 5.36. The van der Waals surface area contributed by atoms with Gasteiger partial charge in [-0.05, 0) is 46.6 Å². The predicted molar refractivity (Wildman–Crippen MR) is 71.0 cm³/mol. The first-order chi connectivity index (χ1) is 8.99. The van der Waals surface area contributed by atoms with Gasteiger partial charge in [0.15, 0.2) is 0 Å². The van der Waals surface area contributed by atoms with E-state index in [0.29, 0.717) is 0 Å². The van der Waals surface area contributed by atoms with E-state index in [4.69, 9.17) is 0 Å². The molecule has 6 heteroatoms. The van der Waals surface area contributed by atoms with Crippen LogP contribution in [0.15, 0.2) is 34.9 Å². The molecule has 0 aliphatic heterocycles. The molecule has 0 saturated heterocycles. The highest BCUT2D eigenvalue weighted by Crippen LogP contribution is 2.19. The SMILES string of the molecule is Cc1cc(NC(=O)c2c(F)cccc2F)ncc1Br. The van der Waals surface area contributed by atoms with Crippen LogP contribution in [0.2, 0.25) is 0 Å². The third-order valence-electron chi connectivity index (χ3n) is 2.48. The fraction of sp³-hybridized carbons (Fsp3) is 0.0769. The Balaban J connectivity index is 2.28. The molecule has 19 heavy (non-hydrogen) atoms. The molecule has 1 N–H and O–H groups in total. The van der Waals surface area contributed by atoms with Gasteiger partial charge in [0.05, 0.1) is 0 Å². The van der Waals surface area contributed by atoms with Crippen molar-refractivity contribution in [2.45, 2.75) is 6.92 Å². The molecule has 0 aliphatic rings. The second-order valence-electron chi connectivity index (χ2n) is 3.87. The Bertz CT molecular complexity index is 626. The van der Waals surface area contributed by atoms with E-state index in [9.17, 15) is 13.6 Å². The van der Waals surface area contributed by atoms with E-state index < -0.39 is 23.1 Å². The van der Waals surface area contributed by atoms with Gasteiger partial charge < -0.3 is 5.32 Å². The van der Waals surface area contributed by atoms with Crippen LogP contribution in [0.3, 0.4) is 0 Å². The molecule has 1 heterocycles. The number of carbonyl (C=O) groups is 1. The minimum atomic E-state index is -0.911. The maximum atomic E-state index is 13.4. The maximum Gasteiger partial charge on any atom is 0.262 e. The third kappa shape index (κ3) is 2.96. The Morgan fingerprint density at radius 2 is 1.95 bits per heavy atom. The molecule has 1 aromatic heterocycles. The summed E-state index contributed by atoms with van der Waals surface area (Å²) in [5.41, 5.74) is 0.226. The van der Waals surface area contributed by atoms with Crippen LogP contribution in [0, 0.1) is 18.6 Å². The van der Waals surface area contributed by atoms with E-state index in [-0.39, 0.29) is 5.82 Å². The molecule has 0 unspecified atom stereocenters. The summed E-state index contributed by atoms with van der Waals surface area (Å²) >= 11 is 3.27. The molecule has 0 spiro atoms. The maximum absolute atomic E-state index is 13.4. The minimum absolute atomic E-state index is 0.230. The van der Waals surface area contributed by atoms with E-state index >= 15 is 0 Å². The number of nitrogens with zero attached hydrogens (tertiary/aromatic N) is 1. The Morgan fingerprint density at radius 3 is 2.53 bits per heavy atom. The molecule has 0 aliphatic carbocycles. The second kappa shape index (κ2) is 5.44. The zero-order chi connectivity index (χ0) is 14.0. The first kappa shape index (κ1) is 13.6. The molecule has 0 radical (unpaired) electrons. The molecule has 98 valence electrons. The number of anilines is 1. The summed E-state index contributed by atoms with van der Waals surface area (Å²) in [6, 6.07) is 4.85. The fourth-order valence-electron chi connectivity index (χ4n) is 1.50. The van der Waals surface area contributed by atoms with Crippen LogP contribution in [0.5, 0.6) is 0 Å². The summed E-state index contributed by atoms with van der Waals surface area (Å²) < 4.78 is 27.6. The molecule has 0 bridgehead atoms. The van der Waals surface area contributed by atoms with Crippen molar-refractivity contribution in [1.29, 1.82) is 0 Å². The average molecular weight is 327 g/mol. The van der Waals surface area contributed by atoms with E-state index in [1.54, 1.807) is 6.07 Å². The topological polar surface area (TPSA) is 42.0 Å². The van der Waals surface area contributed by atoms with Crippen molar-refractivity contribution in [1.82, 2.24) is 4.98 Å². The monoisotopic (exact) mass is 326 g/mol. The van der Waals surface area contributed by atoms with Gasteiger partial charge in [-0.25, -0.2) is 13.8 Å². The van der Waals surface area contributed by atoms with Gasteiger partial charge in [-0.3, -0.25) is 4.79 Å². The standard InChI is InChI=1S/C13H9BrF2N2O/c1-7-5-11(17-6-8(7)14)18-13(19)12-9(15)3-2-4-10(12)16/h2-6H,1H3,(H,17,18,19). The number of benzene rings is 1. The lowest BCUT2D eigenvalue weighted by Gasteiger charge is -2.07. The first-order valence-corrected chi connectivity index (χ1v) is 6.16. The number of amides is 1. The highest BCUT2D eigenvalue weighted by atomic mass is 79.9. The van der Waals surface area contributed by atoms with Crippen molar-refractivity contribution in [3.8, 4) is 0 Å². The van der Waals surface area contributed by atoms with Crippen molar-refractivity contribution >= 4 is 27.7 Å². The summed E-state index contributed by atoms with van der Waals surface area (Å²) in [6.07, 6.45) is 1.50. The number of nitrogens with one attached hydrogen (secondary N) is 1. The predicted octanol–water partition coefficient (Wildman–Crippen LogP) is 3.68. The molecular weight excluding hydrogens is 318 g/mol. The fourth-order valence-corrected chi connectivity index (χ4v) is 1.72. The molecule has 0 saturated carbocycles. The third-order valence-corrected chi connectivity index (χ3v) is 3.31. The summed E-state index contributed by atoms with van der Waals surface area (Å²) in [7, 11) is 0. The number of aryl methyl sites for hydroxylation is 1. The second-order valence-corrected chi connectivity index (χ2v) is 4.72. The molecule has 0 atom stereocenters. The highest BCUT2D eigenvalue weighted by molar-refractivity contribution is 9.10. The number of hydrogen-bond donors (Lipinski definition) is 1. The van der Waals surface area contributed by atoms with Crippen LogP contribution in [-0.2, 0) is 0 Å². The van der Waals surface area contributed by atoms with Gasteiger partial charge in [-0.1, -0.05) is 6.07 Å². The van der Waals surface area contributed by atoms with E-state index in [2.05, 4.69) is 26.2 Å². The van der Waals surface area contributed by atoms with Crippen LogP contribution in [0.4, 0.5) is 14.6 Å². The lowest BCUT2D eigenvalue weighted by atomic mass is 10.2. The Labute approximate surface area is 116 Å². The Kier molecular flexibility index (Phi) is 3.90. The van der Waals surface area contributed by atoms with Crippen molar-refractivity contribution in [3.05, 3.63) is 57.7 Å². The number of pyridine rings is 1. The molecule has 1 amide bonds. The molecular formula is C13H9BrF2N2O. The van der Waals surface area contributed by atoms with E-state index in [1.165, 1.54) is 12.3 Å². The van der Waals surface area contributed by atoms with Gasteiger partial charge in [0, 0.05) is 10.7 Å².